The third-order valence-electron chi connectivity index (χ3n) is 4.93. The van der Waals surface area contributed by atoms with Crippen LogP contribution in [0.5, 0.6) is 17.2 Å². The molecule has 3 aromatic carbocycles. The summed E-state index contributed by atoms with van der Waals surface area (Å²) in [6.45, 7) is 2.85. The van der Waals surface area contributed by atoms with Crippen LogP contribution in [0.3, 0.4) is 0 Å². The van der Waals surface area contributed by atoms with Gasteiger partial charge in [-0.05, 0) is 20.8 Å². The molecule has 0 unspecified atom stereocenters. The van der Waals surface area contributed by atoms with Crippen molar-refractivity contribution in [1.29, 1.82) is 0 Å². The van der Waals surface area contributed by atoms with Crippen molar-refractivity contribution in [2.24, 2.45) is 0 Å². The van der Waals surface area contributed by atoms with E-state index in [4.69, 9.17) is 14.2 Å². The first kappa shape index (κ1) is 25.3. The lowest BCUT2D eigenvalue weighted by Crippen LogP contribution is -2.57. The molecule has 10 heteroatoms. The monoisotopic (exact) mass is 482 g/mol. The SMILES string of the molecule is CCOc1cc(F)cc(F)c1B(c1c(F)cc(F)cc1OCC)c1c(F)cc(F)cc1OCC. The molecule has 0 radical (unpaired) electrons. The van der Waals surface area contributed by atoms with Gasteiger partial charge in [0.1, 0.15) is 52.2 Å². The first-order valence-corrected chi connectivity index (χ1v) is 10.6. The van der Waals surface area contributed by atoms with Crippen molar-refractivity contribution in [3.8, 4) is 17.2 Å². The van der Waals surface area contributed by atoms with Gasteiger partial charge in [-0.3, -0.25) is 0 Å². The maximum atomic E-state index is 15.3. The van der Waals surface area contributed by atoms with Crippen LogP contribution in [0.4, 0.5) is 26.3 Å². The van der Waals surface area contributed by atoms with E-state index in [1.54, 1.807) is 20.8 Å². The lowest BCUT2D eigenvalue weighted by atomic mass is 9.35. The maximum absolute atomic E-state index is 15.3. The normalized spacial score (nSPS) is 10.9. The maximum Gasteiger partial charge on any atom is 0.267 e. The Morgan fingerprint density at radius 1 is 0.500 bits per heavy atom. The van der Waals surface area contributed by atoms with E-state index in [-0.39, 0.29) is 37.1 Å². The van der Waals surface area contributed by atoms with E-state index in [2.05, 4.69) is 0 Å². The van der Waals surface area contributed by atoms with Crippen LogP contribution < -0.4 is 30.6 Å². The van der Waals surface area contributed by atoms with E-state index in [0.29, 0.717) is 18.2 Å². The minimum absolute atomic E-state index is 0.0307. The molecule has 3 nitrogen and oxygen atoms in total. The molecule has 0 atom stereocenters. The molecule has 0 amide bonds. The second-order valence-electron chi connectivity index (χ2n) is 7.13. The zero-order valence-corrected chi connectivity index (χ0v) is 18.7. The van der Waals surface area contributed by atoms with Crippen LogP contribution in [-0.4, -0.2) is 26.5 Å². The third kappa shape index (κ3) is 5.10. The highest BCUT2D eigenvalue weighted by atomic mass is 19.2. The second-order valence-corrected chi connectivity index (χ2v) is 7.13. The van der Waals surface area contributed by atoms with Gasteiger partial charge in [-0.25, -0.2) is 26.3 Å². The predicted octanol–water partition coefficient (Wildman–Crippen LogP) is 4.23. The molecule has 0 heterocycles. The summed E-state index contributed by atoms with van der Waals surface area (Å²) in [4.78, 5) is 0. The van der Waals surface area contributed by atoms with Gasteiger partial charge < -0.3 is 14.2 Å². The molecule has 3 rings (SSSR count). The first-order valence-electron chi connectivity index (χ1n) is 10.6. The van der Waals surface area contributed by atoms with Crippen LogP contribution in [0.15, 0.2) is 36.4 Å². The van der Waals surface area contributed by atoms with Crippen LogP contribution in [0.2, 0.25) is 0 Å². The molecular weight excluding hydrogens is 461 g/mol. The standard InChI is InChI=1S/C24H21BF6O3/c1-4-32-19-10-13(26)7-16(29)22(19)25(23-17(30)8-14(27)11-20(23)33-5-2)24-18(31)9-15(28)12-21(24)34-6-3/h7-12H,4-6H2,1-3H3. The van der Waals surface area contributed by atoms with Crippen molar-refractivity contribution < 1.29 is 40.6 Å². The lowest BCUT2D eigenvalue weighted by Gasteiger charge is -2.24. The summed E-state index contributed by atoms with van der Waals surface area (Å²) in [5.74, 6) is -7.57. The fraction of sp³-hybridized carbons (Fsp3) is 0.250. The molecule has 0 aliphatic rings. The van der Waals surface area contributed by atoms with Gasteiger partial charge in [-0.1, -0.05) is 0 Å². The molecule has 3 aromatic rings. The third-order valence-corrected chi connectivity index (χ3v) is 4.93. The largest absolute Gasteiger partial charge is 0.494 e. The Labute approximate surface area is 193 Å². The predicted molar refractivity (Wildman–Crippen MR) is 117 cm³/mol. The molecule has 0 saturated heterocycles. The van der Waals surface area contributed by atoms with E-state index in [9.17, 15) is 13.2 Å². The number of hydrogen-bond acceptors (Lipinski definition) is 3. The number of benzene rings is 3. The Kier molecular flexibility index (Phi) is 8.01. The zero-order valence-electron chi connectivity index (χ0n) is 18.7. The van der Waals surface area contributed by atoms with Crippen molar-refractivity contribution >= 4 is 23.1 Å². The average molecular weight is 482 g/mol. The zero-order chi connectivity index (χ0) is 25.0. The molecule has 0 aromatic heterocycles. The van der Waals surface area contributed by atoms with Gasteiger partial charge in [0, 0.05) is 52.8 Å². The summed E-state index contributed by atoms with van der Waals surface area (Å²) in [5, 5.41) is 0. The topological polar surface area (TPSA) is 27.7 Å². The van der Waals surface area contributed by atoms with Crippen molar-refractivity contribution in [1.82, 2.24) is 0 Å². The molecule has 34 heavy (non-hydrogen) atoms. The van der Waals surface area contributed by atoms with E-state index >= 15 is 13.2 Å². The number of halogens is 6. The summed E-state index contributed by atoms with van der Waals surface area (Å²) in [5.41, 5.74) is -1.37. The van der Waals surface area contributed by atoms with E-state index in [1.165, 1.54) is 0 Å². The molecule has 0 fully saturated rings. The summed E-state index contributed by atoms with van der Waals surface area (Å²) in [7, 11) is 0. The van der Waals surface area contributed by atoms with Crippen LogP contribution in [0, 0.1) is 34.9 Å². The van der Waals surface area contributed by atoms with Gasteiger partial charge in [-0.15, -0.1) is 0 Å². The minimum atomic E-state index is -1.72. The number of ether oxygens (including phenoxy) is 3. The molecular formula is C24H21BF6O3. The molecule has 0 spiro atoms. The Morgan fingerprint density at radius 2 is 0.765 bits per heavy atom. The van der Waals surface area contributed by atoms with Gasteiger partial charge in [0.2, 0.25) is 0 Å². The fourth-order valence-corrected chi connectivity index (χ4v) is 3.78. The van der Waals surface area contributed by atoms with E-state index in [0.717, 1.165) is 18.2 Å². The van der Waals surface area contributed by atoms with Gasteiger partial charge in [0.05, 0.1) is 19.8 Å². The Balaban J connectivity index is 2.50. The van der Waals surface area contributed by atoms with Crippen molar-refractivity contribution in [3.63, 3.8) is 0 Å². The average Bonchev–Trinajstić information content (AvgIpc) is 2.72. The summed E-state index contributed by atoms with van der Waals surface area (Å²) < 4.78 is 104. The first-order chi connectivity index (χ1) is 16.2. The molecule has 0 saturated carbocycles. The van der Waals surface area contributed by atoms with Crippen molar-refractivity contribution in [2.45, 2.75) is 20.8 Å². The molecule has 0 aliphatic carbocycles. The molecule has 0 aliphatic heterocycles. The Bertz CT molecular complexity index is 1040. The highest BCUT2D eigenvalue weighted by molar-refractivity contribution is 6.97. The van der Waals surface area contributed by atoms with Crippen LogP contribution in [0.1, 0.15) is 20.8 Å². The van der Waals surface area contributed by atoms with E-state index in [1.807, 2.05) is 0 Å². The second kappa shape index (κ2) is 10.8. The highest BCUT2D eigenvalue weighted by Gasteiger charge is 2.38. The van der Waals surface area contributed by atoms with Crippen molar-refractivity contribution in [3.05, 3.63) is 71.3 Å². The summed E-state index contributed by atoms with van der Waals surface area (Å²) >= 11 is 0. The minimum Gasteiger partial charge on any atom is -0.494 e. The van der Waals surface area contributed by atoms with Gasteiger partial charge in [0.15, 0.2) is 0 Å². The number of rotatable bonds is 9. The molecule has 0 bridgehead atoms. The van der Waals surface area contributed by atoms with Crippen LogP contribution >= 0.6 is 0 Å². The number of hydrogen-bond donors (Lipinski definition) is 0. The Hall–Kier alpha value is -3.30. The van der Waals surface area contributed by atoms with Gasteiger partial charge >= 0.3 is 0 Å². The van der Waals surface area contributed by atoms with E-state index < -0.39 is 58.0 Å². The Morgan fingerprint density at radius 3 is 1.00 bits per heavy atom. The smallest absolute Gasteiger partial charge is 0.267 e. The van der Waals surface area contributed by atoms with Gasteiger partial charge in [-0.2, -0.15) is 0 Å². The van der Waals surface area contributed by atoms with Crippen LogP contribution in [0.25, 0.3) is 0 Å². The summed E-state index contributed by atoms with van der Waals surface area (Å²) in [6.07, 6.45) is 0. The van der Waals surface area contributed by atoms with Crippen molar-refractivity contribution in [2.75, 3.05) is 19.8 Å². The van der Waals surface area contributed by atoms with Crippen LogP contribution in [-0.2, 0) is 0 Å². The fourth-order valence-electron chi connectivity index (χ4n) is 3.78. The summed E-state index contributed by atoms with van der Waals surface area (Å²) in [6, 6.07) is 4.15. The highest BCUT2D eigenvalue weighted by Crippen LogP contribution is 2.23. The molecule has 180 valence electrons. The van der Waals surface area contributed by atoms with Gasteiger partial charge in [0.25, 0.3) is 6.71 Å². The quantitative estimate of drug-likeness (QED) is 0.338. The lowest BCUT2D eigenvalue weighted by molar-refractivity contribution is 0.337. The molecule has 0 N–H and O–H groups in total.